The van der Waals surface area contributed by atoms with Gasteiger partial charge in [-0.1, -0.05) is 60.7 Å². The molecule has 7 nitrogen and oxygen atoms in total. The summed E-state index contributed by atoms with van der Waals surface area (Å²) in [4.78, 5) is 38.0. The lowest BCUT2D eigenvalue weighted by molar-refractivity contribution is -0.194. The molecule has 0 amide bonds. The van der Waals surface area contributed by atoms with E-state index in [-0.39, 0.29) is 11.3 Å². The average molecular weight is 394 g/mol. The minimum absolute atomic E-state index is 0.0591. The zero-order valence-electron chi connectivity index (χ0n) is 15.8. The highest BCUT2D eigenvalue weighted by Crippen LogP contribution is 2.58. The van der Waals surface area contributed by atoms with Crippen LogP contribution in [0.2, 0.25) is 0 Å². The highest BCUT2D eigenvalue weighted by Gasteiger charge is 2.68. The number of hydrogen-bond donors (Lipinski definition) is 0. The molecule has 3 atom stereocenters. The van der Waals surface area contributed by atoms with Crippen molar-refractivity contribution >= 4 is 23.7 Å². The molecule has 0 spiro atoms. The van der Waals surface area contributed by atoms with Crippen molar-refractivity contribution in [1.29, 1.82) is 0 Å². The van der Waals surface area contributed by atoms with Crippen molar-refractivity contribution in [2.45, 2.75) is 5.79 Å². The summed E-state index contributed by atoms with van der Waals surface area (Å²) in [6.07, 6.45) is 0. The molecule has 2 heterocycles. The summed E-state index contributed by atoms with van der Waals surface area (Å²) >= 11 is 0. The second-order valence-corrected chi connectivity index (χ2v) is 6.64. The second-order valence-electron chi connectivity index (χ2n) is 6.64. The van der Waals surface area contributed by atoms with Crippen molar-refractivity contribution in [3.8, 4) is 0 Å². The zero-order valence-corrected chi connectivity index (χ0v) is 15.8. The number of esters is 3. The topological polar surface area (TPSA) is 88.1 Å². The third kappa shape index (κ3) is 2.77. The van der Waals surface area contributed by atoms with Gasteiger partial charge in [-0.3, -0.25) is 9.59 Å². The van der Waals surface area contributed by atoms with E-state index in [1.165, 1.54) is 14.2 Å². The van der Waals surface area contributed by atoms with Gasteiger partial charge in [-0.2, -0.15) is 0 Å². The van der Waals surface area contributed by atoms with Crippen molar-refractivity contribution in [2.24, 2.45) is 11.8 Å². The van der Waals surface area contributed by atoms with Gasteiger partial charge in [0.05, 0.1) is 19.8 Å². The number of methoxy groups -OCH3 is 2. The van der Waals surface area contributed by atoms with E-state index in [2.05, 4.69) is 0 Å². The maximum absolute atomic E-state index is 12.8. The van der Waals surface area contributed by atoms with Crippen molar-refractivity contribution in [1.82, 2.24) is 0 Å². The Labute approximate surface area is 166 Å². The molecule has 0 unspecified atom stereocenters. The highest BCUT2D eigenvalue weighted by molar-refractivity contribution is 6.05. The molecule has 148 valence electrons. The SMILES string of the molecule is COC(=O)C1=C(c2ccccc2)O[C@]2(c3ccccc3)OC(=O)[C@@H](C(=O)OC)[C@H]12. The predicted molar refractivity (Wildman–Crippen MR) is 99.7 cm³/mol. The van der Waals surface area contributed by atoms with Crippen LogP contribution in [-0.2, 0) is 39.1 Å². The summed E-state index contributed by atoms with van der Waals surface area (Å²) in [6, 6.07) is 17.6. The van der Waals surface area contributed by atoms with Crippen LogP contribution in [0.15, 0.2) is 66.2 Å². The molecule has 1 fully saturated rings. The lowest BCUT2D eigenvalue weighted by atomic mass is 9.79. The normalized spacial score (nSPS) is 25.1. The van der Waals surface area contributed by atoms with E-state index in [0.29, 0.717) is 11.1 Å². The van der Waals surface area contributed by atoms with Crippen molar-refractivity contribution in [3.63, 3.8) is 0 Å². The van der Waals surface area contributed by atoms with Crippen LogP contribution in [0, 0.1) is 11.8 Å². The van der Waals surface area contributed by atoms with Crippen LogP contribution in [0.4, 0.5) is 0 Å². The van der Waals surface area contributed by atoms with Gasteiger partial charge >= 0.3 is 17.9 Å². The number of carbonyl (C=O) groups is 3. The molecular weight excluding hydrogens is 376 g/mol. The molecule has 0 bridgehead atoms. The van der Waals surface area contributed by atoms with Crippen LogP contribution in [0.25, 0.3) is 5.76 Å². The molecule has 2 aromatic rings. The fraction of sp³-hybridized carbons (Fsp3) is 0.227. The molecule has 0 saturated carbocycles. The maximum atomic E-state index is 12.8. The molecule has 0 aliphatic carbocycles. The van der Waals surface area contributed by atoms with Crippen molar-refractivity contribution in [3.05, 3.63) is 77.4 Å². The van der Waals surface area contributed by atoms with Crippen LogP contribution < -0.4 is 0 Å². The summed E-state index contributed by atoms with van der Waals surface area (Å²) in [5, 5.41) is 0. The second kappa shape index (κ2) is 7.09. The first kappa shape index (κ1) is 18.7. The summed E-state index contributed by atoms with van der Waals surface area (Å²) in [5.74, 6) is -6.24. The quantitative estimate of drug-likeness (QED) is 0.447. The van der Waals surface area contributed by atoms with Crippen LogP contribution in [0.5, 0.6) is 0 Å². The largest absolute Gasteiger partial charge is 0.468 e. The van der Waals surface area contributed by atoms with E-state index >= 15 is 0 Å². The van der Waals surface area contributed by atoms with Gasteiger partial charge in [0.1, 0.15) is 11.7 Å². The minimum atomic E-state index is -1.67. The van der Waals surface area contributed by atoms with Crippen molar-refractivity contribution < 1.29 is 33.3 Å². The average Bonchev–Trinajstić information content (AvgIpc) is 3.24. The van der Waals surface area contributed by atoms with Gasteiger partial charge in [-0.25, -0.2) is 4.79 Å². The number of fused-ring (bicyclic) bond motifs is 1. The molecule has 2 aliphatic rings. The third-order valence-electron chi connectivity index (χ3n) is 5.13. The summed E-state index contributed by atoms with van der Waals surface area (Å²) in [6.45, 7) is 0. The fourth-order valence-electron chi connectivity index (χ4n) is 3.88. The molecular formula is C22H18O7. The van der Waals surface area contributed by atoms with Gasteiger partial charge in [-0.15, -0.1) is 0 Å². The summed E-state index contributed by atoms with van der Waals surface area (Å²) < 4.78 is 21.7. The van der Waals surface area contributed by atoms with E-state index in [9.17, 15) is 14.4 Å². The van der Waals surface area contributed by atoms with Crippen LogP contribution in [0.1, 0.15) is 11.1 Å². The lowest BCUT2D eigenvalue weighted by Crippen LogP contribution is -2.36. The first-order valence-corrected chi connectivity index (χ1v) is 8.96. The number of benzene rings is 2. The Morgan fingerprint density at radius 1 is 0.897 bits per heavy atom. The minimum Gasteiger partial charge on any atom is -0.468 e. The first-order chi connectivity index (χ1) is 14.0. The van der Waals surface area contributed by atoms with Crippen LogP contribution >= 0.6 is 0 Å². The number of hydrogen-bond acceptors (Lipinski definition) is 7. The standard InChI is InChI=1S/C22H18O7/c1-26-19(23)15-17-16(20(24)27-2)21(25)29-22(17,14-11-7-4-8-12-14)28-18(15)13-9-5-3-6-10-13/h3-12,16-17H,1-2H3/t16-,17+,22-/m1/s1. The van der Waals surface area contributed by atoms with Gasteiger partial charge < -0.3 is 18.9 Å². The van der Waals surface area contributed by atoms with Gasteiger partial charge in [0.25, 0.3) is 5.79 Å². The Kier molecular flexibility index (Phi) is 4.58. The molecule has 0 aromatic heterocycles. The maximum Gasteiger partial charge on any atom is 0.338 e. The van der Waals surface area contributed by atoms with E-state index in [1.54, 1.807) is 54.6 Å². The Morgan fingerprint density at radius 2 is 1.52 bits per heavy atom. The van der Waals surface area contributed by atoms with Gasteiger partial charge in [0.2, 0.25) is 0 Å². The third-order valence-corrected chi connectivity index (χ3v) is 5.13. The monoisotopic (exact) mass is 394 g/mol. The Bertz CT molecular complexity index is 996. The molecule has 0 radical (unpaired) electrons. The first-order valence-electron chi connectivity index (χ1n) is 8.96. The summed E-state index contributed by atoms with van der Waals surface area (Å²) in [5.41, 5.74) is 1.15. The van der Waals surface area contributed by atoms with E-state index < -0.39 is 35.5 Å². The van der Waals surface area contributed by atoms with Crippen LogP contribution in [-0.4, -0.2) is 32.1 Å². The molecule has 1 saturated heterocycles. The van der Waals surface area contributed by atoms with Gasteiger partial charge in [0, 0.05) is 11.1 Å². The summed E-state index contributed by atoms with van der Waals surface area (Å²) in [7, 11) is 2.40. The molecule has 2 aromatic carbocycles. The predicted octanol–water partition coefficient (Wildman–Crippen LogP) is 2.42. The molecule has 29 heavy (non-hydrogen) atoms. The van der Waals surface area contributed by atoms with Gasteiger partial charge in [0.15, 0.2) is 5.92 Å². The Morgan fingerprint density at radius 3 is 2.10 bits per heavy atom. The van der Waals surface area contributed by atoms with E-state index in [1.807, 2.05) is 6.07 Å². The van der Waals surface area contributed by atoms with Gasteiger partial charge in [-0.05, 0) is 0 Å². The van der Waals surface area contributed by atoms with Crippen LogP contribution in [0.3, 0.4) is 0 Å². The fourth-order valence-corrected chi connectivity index (χ4v) is 3.88. The molecule has 0 N–H and O–H groups in total. The Hall–Kier alpha value is -3.61. The van der Waals surface area contributed by atoms with E-state index in [4.69, 9.17) is 18.9 Å². The number of ether oxygens (including phenoxy) is 4. The number of rotatable bonds is 4. The lowest BCUT2D eigenvalue weighted by Gasteiger charge is -2.28. The van der Waals surface area contributed by atoms with E-state index in [0.717, 1.165) is 0 Å². The zero-order chi connectivity index (χ0) is 20.6. The van der Waals surface area contributed by atoms with Crippen molar-refractivity contribution in [2.75, 3.05) is 14.2 Å². The molecule has 4 rings (SSSR count). The molecule has 7 heteroatoms. The Balaban J connectivity index is 1.98. The highest BCUT2D eigenvalue weighted by atomic mass is 16.7. The number of carbonyl (C=O) groups excluding carboxylic acids is 3. The smallest absolute Gasteiger partial charge is 0.338 e. The molecule has 2 aliphatic heterocycles.